The number of fused-ring (bicyclic) bond motifs is 2. The Labute approximate surface area is 202 Å². The number of benzene rings is 2. The van der Waals surface area contributed by atoms with E-state index in [1.807, 2.05) is 50.2 Å². The molecule has 182 valence electrons. The molecule has 3 heterocycles. The van der Waals surface area contributed by atoms with Crippen LogP contribution in [0.2, 0.25) is 0 Å². The van der Waals surface area contributed by atoms with E-state index in [-0.39, 0.29) is 18.3 Å². The van der Waals surface area contributed by atoms with Crippen molar-refractivity contribution >= 4 is 17.5 Å². The minimum absolute atomic E-state index is 0.253. The maximum atomic E-state index is 13.7. The fourth-order valence-electron chi connectivity index (χ4n) is 4.26. The number of rotatable bonds is 6. The maximum Gasteiger partial charge on any atom is 0.255 e. The average Bonchev–Trinajstić information content (AvgIpc) is 3.12. The molecule has 1 unspecified atom stereocenters. The number of aromatic nitrogens is 3. The third kappa shape index (κ3) is 4.40. The van der Waals surface area contributed by atoms with Crippen LogP contribution in [0.5, 0.6) is 17.2 Å². The van der Waals surface area contributed by atoms with Crippen LogP contribution in [0.3, 0.4) is 0 Å². The van der Waals surface area contributed by atoms with Crippen molar-refractivity contribution in [2.75, 3.05) is 30.5 Å². The van der Waals surface area contributed by atoms with E-state index in [0.717, 1.165) is 12.0 Å². The summed E-state index contributed by atoms with van der Waals surface area (Å²) in [6, 6.07) is 12.3. The number of aliphatic hydroxyl groups is 1. The standard InChI is InChI=1S/C25H27N5O5/c1-3-33-18-8-5-4-7-17(18)27-24(32)22-15(2)26-25-28-21(14-31)29-30(25)23(22)16-9-10-19-20(13-16)35-12-6-11-34-19/h4-5,7-10,13,23,31H,3,6,11-12,14H2,1-2H3,(H,27,32)(H,26,28,29). The normalized spacial score (nSPS) is 16.7. The third-order valence-corrected chi connectivity index (χ3v) is 5.80. The summed E-state index contributed by atoms with van der Waals surface area (Å²) < 4.78 is 19.0. The zero-order chi connectivity index (χ0) is 24.4. The van der Waals surface area contributed by atoms with Crippen LogP contribution in [0, 0.1) is 0 Å². The zero-order valence-electron chi connectivity index (χ0n) is 19.6. The minimum Gasteiger partial charge on any atom is -0.492 e. The molecule has 5 rings (SSSR count). The summed E-state index contributed by atoms with van der Waals surface area (Å²) in [6.45, 7) is 4.98. The van der Waals surface area contributed by atoms with Gasteiger partial charge in [0.25, 0.3) is 5.91 Å². The highest BCUT2D eigenvalue weighted by Gasteiger charge is 2.35. The van der Waals surface area contributed by atoms with Crippen LogP contribution in [-0.4, -0.2) is 45.6 Å². The molecule has 2 aliphatic rings. The Hall–Kier alpha value is -4.05. The molecule has 10 heteroatoms. The van der Waals surface area contributed by atoms with Crippen LogP contribution in [0.15, 0.2) is 53.7 Å². The average molecular weight is 478 g/mol. The number of ether oxygens (including phenoxy) is 3. The van der Waals surface area contributed by atoms with E-state index in [1.54, 1.807) is 10.7 Å². The first-order valence-electron chi connectivity index (χ1n) is 11.6. The van der Waals surface area contributed by atoms with Gasteiger partial charge >= 0.3 is 0 Å². The molecular weight excluding hydrogens is 450 g/mol. The second kappa shape index (κ2) is 9.67. The molecule has 0 fully saturated rings. The second-order valence-electron chi connectivity index (χ2n) is 8.16. The number of aliphatic hydroxyl groups excluding tert-OH is 1. The fourth-order valence-corrected chi connectivity index (χ4v) is 4.26. The van der Waals surface area contributed by atoms with E-state index in [4.69, 9.17) is 14.2 Å². The first-order chi connectivity index (χ1) is 17.1. The molecule has 35 heavy (non-hydrogen) atoms. The first-order valence-corrected chi connectivity index (χ1v) is 11.6. The van der Waals surface area contributed by atoms with E-state index >= 15 is 0 Å². The van der Waals surface area contributed by atoms with Crippen molar-refractivity contribution in [3.8, 4) is 17.2 Å². The predicted molar refractivity (Wildman–Crippen MR) is 129 cm³/mol. The zero-order valence-corrected chi connectivity index (χ0v) is 19.6. The summed E-state index contributed by atoms with van der Waals surface area (Å²) in [5.74, 6) is 2.24. The molecule has 2 aromatic carbocycles. The fraction of sp³-hybridized carbons (Fsp3) is 0.320. The van der Waals surface area contributed by atoms with Gasteiger partial charge in [0.05, 0.1) is 31.1 Å². The van der Waals surface area contributed by atoms with Crippen molar-refractivity contribution < 1.29 is 24.1 Å². The number of amides is 1. The molecule has 0 bridgehead atoms. The molecule has 1 aromatic heterocycles. The predicted octanol–water partition coefficient (Wildman–Crippen LogP) is 3.26. The minimum atomic E-state index is -0.615. The molecule has 0 saturated heterocycles. The summed E-state index contributed by atoms with van der Waals surface area (Å²) in [5.41, 5.74) is 2.41. The van der Waals surface area contributed by atoms with Crippen molar-refractivity contribution in [3.05, 3.63) is 65.1 Å². The van der Waals surface area contributed by atoms with Crippen LogP contribution in [-0.2, 0) is 11.4 Å². The number of carbonyl (C=O) groups is 1. The van der Waals surface area contributed by atoms with Crippen LogP contribution in [0.25, 0.3) is 0 Å². The molecule has 0 radical (unpaired) electrons. The van der Waals surface area contributed by atoms with Gasteiger partial charge < -0.3 is 30.0 Å². The summed E-state index contributed by atoms with van der Waals surface area (Å²) in [6.07, 6.45) is 0.788. The van der Waals surface area contributed by atoms with Gasteiger partial charge in [0.1, 0.15) is 18.4 Å². The largest absolute Gasteiger partial charge is 0.492 e. The molecule has 0 aliphatic carbocycles. The molecular formula is C25H27N5O5. The molecule has 0 saturated carbocycles. The van der Waals surface area contributed by atoms with Crippen molar-refractivity contribution in [2.45, 2.75) is 32.9 Å². The number of hydrogen-bond donors (Lipinski definition) is 3. The Bertz CT molecular complexity index is 1290. The van der Waals surface area contributed by atoms with Gasteiger partial charge in [-0.2, -0.15) is 10.1 Å². The van der Waals surface area contributed by atoms with Gasteiger partial charge in [-0.25, -0.2) is 4.68 Å². The van der Waals surface area contributed by atoms with Gasteiger partial charge in [-0.3, -0.25) is 4.79 Å². The van der Waals surface area contributed by atoms with E-state index in [0.29, 0.717) is 60.0 Å². The van der Waals surface area contributed by atoms with Crippen molar-refractivity contribution in [2.24, 2.45) is 0 Å². The third-order valence-electron chi connectivity index (χ3n) is 5.80. The molecule has 3 aromatic rings. The Morgan fingerprint density at radius 1 is 1.23 bits per heavy atom. The topological polar surface area (TPSA) is 120 Å². The van der Waals surface area contributed by atoms with E-state index in [9.17, 15) is 9.90 Å². The number of allylic oxidation sites excluding steroid dienone is 1. The van der Waals surface area contributed by atoms with Gasteiger partial charge in [0, 0.05) is 12.1 Å². The van der Waals surface area contributed by atoms with E-state index in [1.165, 1.54) is 0 Å². The summed E-state index contributed by atoms with van der Waals surface area (Å²) in [4.78, 5) is 18.1. The van der Waals surface area contributed by atoms with Crippen LogP contribution in [0.4, 0.5) is 11.6 Å². The summed E-state index contributed by atoms with van der Waals surface area (Å²) in [7, 11) is 0. The maximum absolute atomic E-state index is 13.7. The first kappa shape index (κ1) is 22.7. The van der Waals surface area contributed by atoms with Crippen molar-refractivity contribution in [3.63, 3.8) is 0 Å². The van der Waals surface area contributed by atoms with Crippen LogP contribution < -0.4 is 24.8 Å². The molecule has 2 aliphatic heterocycles. The number of nitrogens with zero attached hydrogens (tertiary/aromatic N) is 3. The molecule has 10 nitrogen and oxygen atoms in total. The highest BCUT2D eigenvalue weighted by Crippen LogP contribution is 2.40. The van der Waals surface area contributed by atoms with E-state index in [2.05, 4.69) is 20.7 Å². The van der Waals surface area contributed by atoms with Gasteiger partial charge in [0.15, 0.2) is 17.3 Å². The summed E-state index contributed by atoms with van der Waals surface area (Å²) in [5, 5.41) is 20.2. The van der Waals surface area contributed by atoms with Crippen LogP contribution >= 0.6 is 0 Å². The van der Waals surface area contributed by atoms with Gasteiger partial charge in [-0.05, 0) is 43.7 Å². The Balaban J connectivity index is 1.57. The number of para-hydroxylation sites is 2. The Morgan fingerprint density at radius 2 is 2.03 bits per heavy atom. The summed E-state index contributed by atoms with van der Waals surface area (Å²) >= 11 is 0. The lowest BCUT2D eigenvalue weighted by molar-refractivity contribution is -0.113. The van der Waals surface area contributed by atoms with Gasteiger partial charge in [-0.15, -0.1) is 0 Å². The highest BCUT2D eigenvalue weighted by atomic mass is 16.5. The number of nitrogens with one attached hydrogen (secondary N) is 2. The molecule has 3 N–H and O–H groups in total. The van der Waals surface area contributed by atoms with Crippen molar-refractivity contribution in [1.82, 2.24) is 14.8 Å². The smallest absolute Gasteiger partial charge is 0.255 e. The second-order valence-corrected chi connectivity index (χ2v) is 8.16. The number of anilines is 2. The van der Waals surface area contributed by atoms with Gasteiger partial charge in [-0.1, -0.05) is 18.2 Å². The molecule has 1 atom stereocenters. The SMILES string of the molecule is CCOc1ccccc1NC(=O)C1=C(C)Nc2nc(CO)nn2C1c1ccc2c(c1)OCCCO2. The Morgan fingerprint density at radius 3 is 2.83 bits per heavy atom. The van der Waals surface area contributed by atoms with E-state index < -0.39 is 6.04 Å². The Kier molecular flexibility index (Phi) is 6.28. The monoisotopic (exact) mass is 477 g/mol. The van der Waals surface area contributed by atoms with Crippen molar-refractivity contribution in [1.29, 1.82) is 0 Å². The number of carbonyl (C=O) groups excluding carboxylic acids is 1. The lowest BCUT2D eigenvalue weighted by atomic mass is 9.94. The quantitative estimate of drug-likeness (QED) is 0.495. The van der Waals surface area contributed by atoms with Gasteiger partial charge in [0.2, 0.25) is 5.95 Å². The highest BCUT2D eigenvalue weighted by molar-refractivity contribution is 6.06. The lowest BCUT2D eigenvalue weighted by Crippen LogP contribution is -2.31. The number of hydrogen-bond acceptors (Lipinski definition) is 8. The lowest BCUT2D eigenvalue weighted by Gasteiger charge is -2.29. The van der Waals surface area contributed by atoms with Crippen LogP contribution in [0.1, 0.15) is 37.7 Å². The molecule has 0 spiro atoms. The molecule has 1 amide bonds.